The van der Waals surface area contributed by atoms with Gasteiger partial charge in [0.05, 0.1) is 31.2 Å². The van der Waals surface area contributed by atoms with Gasteiger partial charge in [-0.1, -0.05) is 6.07 Å². The molecule has 0 bridgehead atoms. The summed E-state index contributed by atoms with van der Waals surface area (Å²) in [7, 11) is 1.40. The van der Waals surface area contributed by atoms with Gasteiger partial charge in [-0.3, -0.25) is 0 Å². The molecule has 1 aromatic rings. The number of carbonyl (C=O) groups is 2. The molecule has 2 amide bonds. The average Bonchev–Trinajstić information content (AvgIpc) is 2.54. The molecule has 2 rings (SSSR count). The van der Waals surface area contributed by atoms with Crippen molar-refractivity contribution in [3.05, 3.63) is 35.0 Å². The Morgan fingerprint density at radius 3 is 2.88 bits per heavy atom. The zero-order valence-electron chi connectivity index (χ0n) is 13.3. The molecule has 8 nitrogen and oxygen atoms in total. The van der Waals surface area contributed by atoms with E-state index in [1.807, 2.05) is 6.07 Å². The largest absolute Gasteiger partial charge is 0.504 e. The van der Waals surface area contributed by atoms with Crippen molar-refractivity contribution < 1.29 is 24.2 Å². The van der Waals surface area contributed by atoms with Gasteiger partial charge in [0, 0.05) is 5.70 Å². The Morgan fingerprint density at radius 1 is 1.46 bits per heavy atom. The van der Waals surface area contributed by atoms with Crippen molar-refractivity contribution >= 4 is 12.0 Å². The molecule has 0 saturated carbocycles. The number of benzene rings is 1. The smallest absolute Gasteiger partial charge is 0.338 e. The number of ether oxygens (including phenoxy) is 2. The number of urea groups is 1. The molecule has 0 spiro atoms. The lowest BCUT2D eigenvalue weighted by Gasteiger charge is -2.28. The molecule has 8 heteroatoms. The van der Waals surface area contributed by atoms with E-state index in [0.717, 1.165) is 0 Å². The highest BCUT2D eigenvalue weighted by atomic mass is 16.5. The van der Waals surface area contributed by atoms with Crippen LogP contribution in [0.5, 0.6) is 11.5 Å². The Kier molecular flexibility index (Phi) is 5.27. The van der Waals surface area contributed by atoms with E-state index in [0.29, 0.717) is 11.3 Å². The fraction of sp³-hybridized carbons (Fsp3) is 0.312. The standard InChI is InChI=1S/C16H17N3O5/c1-9-13(15(21)24-7-3-6-17)14(19-16(22)18-9)10-4-5-11(20)12(8-10)23-2/h4-5,8,14,20H,3,7H2,1-2H3,(H2,18,19,22)/t14-/m1/s1. The lowest BCUT2D eigenvalue weighted by atomic mass is 9.95. The number of phenols is 1. The SMILES string of the molecule is COc1cc([C@H]2NC(=O)NC(C)=C2C(=O)OCCC#N)ccc1O. The molecule has 24 heavy (non-hydrogen) atoms. The minimum Gasteiger partial charge on any atom is -0.504 e. The molecule has 3 N–H and O–H groups in total. The minimum atomic E-state index is -0.761. The van der Waals surface area contributed by atoms with Crippen LogP contribution in [0.1, 0.15) is 24.9 Å². The van der Waals surface area contributed by atoms with Crippen molar-refractivity contribution in [1.82, 2.24) is 10.6 Å². The summed E-state index contributed by atoms with van der Waals surface area (Å²) in [5.74, 6) is -0.470. The Labute approximate surface area is 138 Å². The first kappa shape index (κ1) is 17.1. The molecule has 0 fully saturated rings. The van der Waals surface area contributed by atoms with Crippen LogP contribution < -0.4 is 15.4 Å². The van der Waals surface area contributed by atoms with E-state index in [-0.39, 0.29) is 30.1 Å². The lowest BCUT2D eigenvalue weighted by molar-refractivity contribution is -0.139. The molecule has 0 unspecified atom stereocenters. The van der Waals surface area contributed by atoms with E-state index in [4.69, 9.17) is 14.7 Å². The first-order valence-electron chi connectivity index (χ1n) is 7.17. The van der Waals surface area contributed by atoms with Crippen molar-refractivity contribution in [2.75, 3.05) is 13.7 Å². The van der Waals surface area contributed by atoms with Crippen LogP contribution in [0.4, 0.5) is 4.79 Å². The number of carbonyl (C=O) groups excluding carboxylic acids is 2. The highest BCUT2D eigenvalue weighted by Crippen LogP contribution is 2.33. The highest BCUT2D eigenvalue weighted by molar-refractivity contribution is 5.95. The molecular weight excluding hydrogens is 314 g/mol. The number of nitrogens with zero attached hydrogens (tertiary/aromatic N) is 1. The maximum absolute atomic E-state index is 12.3. The summed E-state index contributed by atoms with van der Waals surface area (Å²) < 4.78 is 10.1. The van der Waals surface area contributed by atoms with Crippen molar-refractivity contribution in [3.63, 3.8) is 0 Å². The number of nitriles is 1. The maximum atomic E-state index is 12.3. The van der Waals surface area contributed by atoms with Crippen molar-refractivity contribution in [3.8, 4) is 17.6 Å². The summed E-state index contributed by atoms with van der Waals surface area (Å²) in [6.45, 7) is 1.55. The molecule has 126 valence electrons. The van der Waals surface area contributed by atoms with Crippen LogP contribution in [0.25, 0.3) is 0 Å². The van der Waals surface area contributed by atoms with E-state index < -0.39 is 18.0 Å². The predicted octanol–water partition coefficient (Wildman–Crippen LogP) is 1.49. The third-order valence-corrected chi connectivity index (χ3v) is 3.47. The van der Waals surface area contributed by atoms with Crippen LogP contribution in [0.15, 0.2) is 29.5 Å². The van der Waals surface area contributed by atoms with Crippen LogP contribution >= 0.6 is 0 Å². The van der Waals surface area contributed by atoms with E-state index in [1.165, 1.54) is 19.2 Å². The summed E-state index contributed by atoms with van der Waals surface area (Å²) in [6.07, 6.45) is 0.0789. The van der Waals surface area contributed by atoms with E-state index in [2.05, 4.69) is 10.6 Å². The number of methoxy groups -OCH3 is 1. The van der Waals surface area contributed by atoms with Gasteiger partial charge >= 0.3 is 12.0 Å². The second-order valence-electron chi connectivity index (χ2n) is 5.05. The summed E-state index contributed by atoms with van der Waals surface area (Å²) >= 11 is 0. The van der Waals surface area contributed by atoms with Gasteiger partial charge in [0.25, 0.3) is 0 Å². The summed E-state index contributed by atoms with van der Waals surface area (Å²) in [5.41, 5.74) is 1.13. The first-order valence-corrected chi connectivity index (χ1v) is 7.17. The number of esters is 1. The zero-order chi connectivity index (χ0) is 17.7. The molecule has 1 aromatic carbocycles. The molecule has 1 aliphatic heterocycles. The molecule has 0 aliphatic carbocycles. The summed E-state index contributed by atoms with van der Waals surface area (Å²) in [4.78, 5) is 24.1. The van der Waals surface area contributed by atoms with Crippen molar-refractivity contribution in [1.29, 1.82) is 5.26 Å². The number of phenolic OH excluding ortho intramolecular Hbond substituents is 1. The second-order valence-corrected chi connectivity index (χ2v) is 5.05. The maximum Gasteiger partial charge on any atom is 0.338 e. The van der Waals surface area contributed by atoms with Crippen LogP contribution in [0.3, 0.4) is 0 Å². The molecule has 1 heterocycles. The summed E-state index contributed by atoms with van der Waals surface area (Å²) in [6, 6.07) is 5.18. The molecule has 0 saturated heterocycles. The fourth-order valence-electron chi connectivity index (χ4n) is 2.36. The van der Waals surface area contributed by atoms with Gasteiger partial charge in [-0.2, -0.15) is 5.26 Å². The van der Waals surface area contributed by atoms with E-state index in [1.54, 1.807) is 13.0 Å². The minimum absolute atomic E-state index is 0.0360. The van der Waals surface area contributed by atoms with Crippen molar-refractivity contribution in [2.24, 2.45) is 0 Å². The predicted molar refractivity (Wildman–Crippen MR) is 83.0 cm³/mol. The number of rotatable bonds is 5. The van der Waals surface area contributed by atoms with Gasteiger partial charge in [0.2, 0.25) is 0 Å². The number of amides is 2. The quantitative estimate of drug-likeness (QED) is 0.555. The van der Waals surface area contributed by atoms with Gasteiger partial charge in [0.15, 0.2) is 11.5 Å². The first-order chi connectivity index (χ1) is 11.5. The lowest BCUT2D eigenvalue weighted by Crippen LogP contribution is -2.45. The Balaban J connectivity index is 2.38. The number of hydrogen-bond acceptors (Lipinski definition) is 6. The van der Waals surface area contributed by atoms with Crippen molar-refractivity contribution in [2.45, 2.75) is 19.4 Å². The number of aromatic hydroxyl groups is 1. The van der Waals surface area contributed by atoms with E-state index in [9.17, 15) is 14.7 Å². The van der Waals surface area contributed by atoms with Gasteiger partial charge in [0.1, 0.15) is 6.61 Å². The topological polar surface area (TPSA) is 121 Å². The monoisotopic (exact) mass is 331 g/mol. The number of nitrogens with one attached hydrogen (secondary N) is 2. The average molecular weight is 331 g/mol. The fourth-order valence-corrected chi connectivity index (χ4v) is 2.36. The number of hydrogen-bond donors (Lipinski definition) is 3. The third kappa shape index (κ3) is 3.57. The number of allylic oxidation sites excluding steroid dienone is 1. The Morgan fingerprint density at radius 2 is 2.21 bits per heavy atom. The molecule has 0 radical (unpaired) electrons. The third-order valence-electron chi connectivity index (χ3n) is 3.47. The van der Waals surface area contributed by atoms with Crippen LogP contribution in [0.2, 0.25) is 0 Å². The highest BCUT2D eigenvalue weighted by Gasteiger charge is 2.32. The van der Waals surface area contributed by atoms with Gasteiger partial charge in [-0.25, -0.2) is 9.59 Å². The van der Waals surface area contributed by atoms with Gasteiger partial charge in [-0.15, -0.1) is 0 Å². The van der Waals surface area contributed by atoms with Gasteiger partial charge < -0.3 is 25.2 Å². The summed E-state index contributed by atoms with van der Waals surface area (Å²) in [5, 5.41) is 23.4. The Bertz CT molecular complexity index is 736. The van der Waals surface area contributed by atoms with Crippen LogP contribution in [-0.4, -0.2) is 30.8 Å². The molecule has 0 aromatic heterocycles. The molecular formula is C16H17N3O5. The normalized spacial score (nSPS) is 16.7. The molecule has 1 atom stereocenters. The second kappa shape index (κ2) is 7.37. The molecule has 1 aliphatic rings. The zero-order valence-corrected chi connectivity index (χ0v) is 13.3. The van der Waals surface area contributed by atoms with E-state index >= 15 is 0 Å². The van der Waals surface area contributed by atoms with Gasteiger partial charge in [-0.05, 0) is 24.6 Å². The van der Waals surface area contributed by atoms with Crippen LogP contribution in [0, 0.1) is 11.3 Å². The van der Waals surface area contributed by atoms with Crippen LogP contribution in [-0.2, 0) is 9.53 Å². The Hall–Kier alpha value is -3.21.